The molecule has 0 atom stereocenters. The van der Waals surface area contributed by atoms with Gasteiger partial charge in [-0.1, -0.05) is 24.3 Å². The average molecular weight is 582 g/mol. The van der Waals surface area contributed by atoms with Crippen LogP contribution in [0.15, 0.2) is 76.5 Å². The Morgan fingerprint density at radius 2 is 0.944 bits per heavy atom. The molecule has 0 unspecified atom stereocenters. The third-order valence-electron chi connectivity index (χ3n) is 4.58. The molecule has 0 aliphatic carbocycles. The van der Waals surface area contributed by atoms with Gasteiger partial charge in [-0.3, -0.25) is 9.11 Å². The normalized spacial score (nSPS) is 12.9. The molecule has 0 aliphatic rings. The Labute approximate surface area is 224 Å². The molecule has 0 amide bonds. The molecule has 0 saturated carbocycles. The van der Waals surface area contributed by atoms with Crippen LogP contribution in [0.1, 0.15) is 11.1 Å². The van der Waals surface area contributed by atoms with E-state index < -0.39 is 66.7 Å². The molecule has 3 aromatic rings. The van der Waals surface area contributed by atoms with Crippen molar-refractivity contribution in [2.24, 2.45) is 0 Å². The van der Waals surface area contributed by atoms with Crippen molar-refractivity contribution in [2.45, 2.75) is 22.1 Å². The summed E-state index contributed by atoms with van der Waals surface area (Å²) in [5, 5.41) is -0.771. The maximum atomic E-state index is 13.5. The van der Waals surface area contributed by atoms with Crippen LogP contribution in [-0.2, 0) is 32.6 Å². The predicted molar refractivity (Wildman–Crippen MR) is 122 cm³/mol. The topological polar surface area (TPSA) is 109 Å². The molecule has 0 saturated heterocycles. The van der Waals surface area contributed by atoms with Gasteiger partial charge in [0.2, 0.25) is 0 Å². The van der Waals surface area contributed by atoms with Gasteiger partial charge in [0.05, 0.1) is 20.9 Å². The van der Waals surface area contributed by atoms with Crippen molar-refractivity contribution in [3.05, 3.63) is 77.9 Å². The minimum absolute atomic E-state index is 0. The van der Waals surface area contributed by atoms with Crippen molar-refractivity contribution in [3.8, 4) is 0 Å². The third-order valence-corrected chi connectivity index (χ3v) is 8.64. The van der Waals surface area contributed by atoms with E-state index in [2.05, 4.69) is 0 Å². The summed E-state index contributed by atoms with van der Waals surface area (Å²) >= 11 is 0. The average Bonchev–Trinajstić information content (AvgIpc) is 2.72. The van der Waals surface area contributed by atoms with Crippen LogP contribution in [0.5, 0.6) is 0 Å². The molecule has 3 rings (SSSR count). The second-order valence-electron chi connectivity index (χ2n) is 7.04. The number of hydrogen-bond donors (Lipinski definition) is 2. The standard InChI is InChI=1S/C20H13F6O6PS2.Na.H/c21-19(22,23)12-7-13(20(24,25)26)9-16(8-12)33(14-3-1-5-17(10-14)34(27,28)29)15-4-2-6-18(11-15)35(30,31)32;;/h1-11H,(H,27,28,29)(H,30,31,32);;. The molecule has 0 radical (unpaired) electrons. The van der Waals surface area contributed by atoms with Crippen molar-refractivity contribution in [3.63, 3.8) is 0 Å². The summed E-state index contributed by atoms with van der Waals surface area (Å²) in [5.41, 5.74) is -3.27. The summed E-state index contributed by atoms with van der Waals surface area (Å²) in [6.45, 7) is 0. The molecule has 3 aromatic carbocycles. The van der Waals surface area contributed by atoms with Gasteiger partial charge in [-0.15, -0.1) is 0 Å². The second-order valence-corrected chi connectivity index (χ2v) is 12.1. The fraction of sp³-hybridized carbons (Fsp3) is 0.100. The molecule has 0 heterocycles. The first-order chi connectivity index (χ1) is 15.9. The summed E-state index contributed by atoms with van der Waals surface area (Å²) in [4.78, 5) is -1.37. The van der Waals surface area contributed by atoms with Gasteiger partial charge in [-0.05, 0) is 66.3 Å². The zero-order valence-corrected chi connectivity index (χ0v) is 19.4. The summed E-state index contributed by atoms with van der Waals surface area (Å²) in [6.07, 6.45) is -10.4. The first-order valence-electron chi connectivity index (χ1n) is 9.12. The van der Waals surface area contributed by atoms with E-state index in [-0.39, 0.29) is 46.2 Å². The van der Waals surface area contributed by atoms with Gasteiger partial charge >= 0.3 is 41.9 Å². The third kappa shape index (κ3) is 7.29. The van der Waals surface area contributed by atoms with Crippen LogP contribution in [0.3, 0.4) is 0 Å². The summed E-state index contributed by atoms with van der Waals surface area (Å²) < 4.78 is 146. The number of rotatable bonds is 5. The summed E-state index contributed by atoms with van der Waals surface area (Å²) in [5.74, 6) is 0. The van der Waals surface area contributed by atoms with E-state index in [0.29, 0.717) is 12.1 Å². The Kier molecular flexibility index (Phi) is 9.13. The number of hydrogen-bond acceptors (Lipinski definition) is 4. The van der Waals surface area contributed by atoms with Crippen molar-refractivity contribution < 1.29 is 52.3 Å². The molecule has 0 bridgehead atoms. The van der Waals surface area contributed by atoms with Crippen molar-refractivity contribution in [2.75, 3.05) is 0 Å². The predicted octanol–water partition coefficient (Wildman–Crippen LogP) is 3.33. The SMILES string of the molecule is O=S(=O)(O)c1cccc(P(c2cc(C(F)(F)F)cc(C(F)(F)F)c2)c2cccc(S(=O)(=O)O)c2)c1.[NaH]. The van der Waals surface area contributed by atoms with Gasteiger partial charge < -0.3 is 0 Å². The van der Waals surface area contributed by atoms with Gasteiger partial charge in [0.1, 0.15) is 0 Å². The van der Waals surface area contributed by atoms with Crippen LogP contribution in [0, 0.1) is 0 Å². The van der Waals surface area contributed by atoms with E-state index in [0.717, 1.165) is 36.4 Å². The molecular weight excluding hydrogens is 568 g/mol. The van der Waals surface area contributed by atoms with E-state index in [1.165, 1.54) is 12.1 Å². The van der Waals surface area contributed by atoms with E-state index in [1.807, 2.05) is 0 Å². The van der Waals surface area contributed by atoms with Gasteiger partial charge in [0.15, 0.2) is 0 Å². The van der Waals surface area contributed by atoms with Crippen molar-refractivity contribution >= 4 is 73.6 Å². The Bertz CT molecular complexity index is 1380. The van der Waals surface area contributed by atoms with Crippen molar-refractivity contribution in [1.82, 2.24) is 0 Å². The molecule has 0 spiro atoms. The van der Waals surface area contributed by atoms with Crippen LogP contribution in [0.25, 0.3) is 0 Å². The summed E-state index contributed by atoms with van der Waals surface area (Å²) in [7, 11) is -12.1. The zero-order valence-electron chi connectivity index (χ0n) is 16.9. The Morgan fingerprint density at radius 3 is 1.25 bits per heavy atom. The Morgan fingerprint density at radius 1 is 0.583 bits per heavy atom. The van der Waals surface area contributed by atoms with E-state index >= 15 is 0 Å². The monoisotopic (exact) mass is 582 g/mol. The Hall–Kier alpha value is -1.51. The molecule has 0 fully saturated rings. The first-order valence-corrected chi connectivity index (χ1v) is 13.3. The number of benzene rings is 3. The fourth-order valence-corrected chi connectivity index (χ4v) is 6.75. The van der Waals surface area contributed by atoms with Crippen LogP contribution in [-0.4, -0.2) is 55.5 Å². The minimum atomic E-state index is -5.18. The fourth-order valence-electron chi connectivity index (χ4n) is 3.08. The molecular formula is C20H14F6NaO6PS2. The molecule has 0 aliphatic heterocycles. The zero-order chi connectivity index (χ0) is 26.4. The second kappa shape index (κ2) is 10.7. The maximum absolute atomic E-state index is 13.5. The molecule has 6 nitrogen and oxygen atoms in total. The van der Waals surface area contributed by atoms with Crippen LogP contribution >= 0.6 is 7.92 Å². The quantitative estimate of drug-likeness (QED) is 0.207. The molecule has 36 heavy (non-hydrogen) atoms. The van der Waals surface area contributed by atoms with Crippen LogP contribution in [0.2, 0.25) is 0 Å². The molecule has 0 aromatic heterocycles. The molecule has 190 valence electrons. The van der Waals surface area contributed by atoms with Crippen LogP contribution < -0.4 is 15.9 Å². The Balaban J connectivity index is 0.00000456. The summed E-state index contributed by atoms with van der Waals surface area (Å²) in [6, 6.07) is 9.05. The van der Waals surface area contributed by atoms with Gasteiger partial charge in [0.25, 0.3) is 20.2 Å². The van der Waals surface area contributed by atoms with E-state index in [9.17, 15) is 52.3 Å². The van der Waals surface area contributed by atoms with E-state index in [1.54, 1.807) is 0 Å². The first kappa shape index (κ1) is 30.7. The molecule has 2 N–H and O–H groups in total. The van der Waals surface area contributed by atoms with E-state index in [4.69, 9.17) is 0 Å². The van der Waals surface area contributed by atoms with Gasteiger partial charge in [-0.25, -0.2) is 0 Å². The number of halogens is 6. The molecule has 16 heteroatoms. The van der Waals surface area contributed by atoms with Crippen molar-refractivity contribution in [1.29, 1.82) is 0 Å². The van der Waals surface area contributed by atoms with Crippen LogP contribution in [0.4, 0.5) is 26.3 Å². The number of alkyl halides is 6. The van der Waals surface area contributed by atoms with Gasteiger partial charge in [-0.2, -0.15) is 43.2 Å². The van der Waals surface area contributed by atoms with Gasteiger partial charge in [0, 0.05) is 0 Å².